The molecule has 2 N–H and O–H groups in total. The summed E-state index contributed by atoms with van der Waals surface area (Å²) < 4.78 is 28.1. The molecule has 1 saturated carbocycles. The molecule has 4 atom stereocenters. The Morgan fingerprint density at radius 3 is 2.54 bits per heavy atom. The number of pyridine rings is 1. The molecule has 2 aromatic carbocycles. The number of hydrogen-bond acceptors (Lipinski definition) is 6. The molecule has 1 aromatic heterocycles. The minimum absolute atomic E-state index is 0.0817. The van der Waals surface area contributed by atoms with E-state index in [-0.39, 0.29) is 17.3 Å². The summed E-state index contributed by atoms with van der Waals surface area (Å²) in [5.41, 5.74) is 1.83. The van der Waals surface area contributed by atoms with Crippen molar-refractivity contribution >= 4 is 11.6 Å². The summed E-state index contributed by atoms with van der Waals surface area (Å²) in [5, 5.41) is 23.5. The monoisotopic (exact) mass is 629 g/mol. The van der Waals surface area contributed by atoms with E-state index < -0.39 is 28.8 Å². The number of aliphatic hydroxyl groups is 2. The predicted octanol–water partition coefficient (Wildman–Crippen LogP) is 6.45. The fraction of sp³-hybridized carbons (Fsp3) is 0.474. The van der Waals surface area contributed by atoms with Gasteiger partial charge in [0.1, 0.15) is 5.82 Å². The van der Waals surface area contributed by atoms with Crippen molar-refractivity contribution in [2.24, 2.45) is 5.41 Å². The van der Waals surface area contributed by atoms with Gasteiger partial charge in [0, 0.05) is 55.5 Å². The Morgan fingerprint density at radius 2 is 1.80 bits per heavy atom. The third-order valence-electron chi connectivity index (χ3n) is 10.9. The number of nitrogens with zero attached hydrogens (tertiary/aromatic N) is 3. The molecule has 0 amide bonds. The second-order valence-electron chi connectivity index (χ2n) is 13.9. The molecular weight excluding hydrogens is 584 g/mol. The van der Waals surface area contributed by atoms with Crippen LogP contribution in [-0.4, -0.2) is 70.3 Å². The first-order valence-corrected chi connectivity index (χ1v) is 16.6. The lowest BCUT2D eigenvalue weighted by atomic mass is 9.64. The van der Waals surface area contributed by atoms with E-state index in [9.17, 15) is 23.8 Å². The van der Waals surface area contributed by atoms with Gasteiger partial charge in [-0.05, 0) is 105 Å². The zero-order chi connectivity index (χ0) is 32.5. The number of benzene rings is 2. The van der Waals surface area contributed by atoms with E-state index in [2.05, 4.69) is 34.7 Å². The van der Waals surface area contributed by atoms with E-state index in [0.717, 1.165) is 74.5 Å². The van der Waals surface area contributed by atoms with Crippen molar-refractivity contribution in [2.45, 2.75) is 76.4 Å². The molecule has 3 aromatic rings. The Kier molecular flexibility index (Phi) is 9.42. The molecule has 7 rings (SSSR count). The molecule has 0 spiro atoms. The standard InChI is InChI=1S/C38H45F2N3O3/c1-26-6-5-15-37(2)32(14-16-38(37,46)25-42-18-20-43(21-19-42)35-7-3-4-17-41-35)30-12-9-27(22-29(44)11-8-26)23-31(30)36(45)28-10-13-33(39)34(40)24-28/h3-4,6-7,9-10,12-13,17,23-24,29,32,44,46H,5,8,11,14-16,18-22,25H2,1-2H3/t29-,32-,37-,38+/m0/s1. The predicted molar refractivity (Wildman–Crippen MR) is 176 cm³/mol. The zero-order valence-corrected chi connectivity index (χ0v) is 26.9. The van der Waals surface area contributed by atoms with Crippen molar-refractivity contribution in [1.29, 1.82) is 0 Å². The van der Waals surface area contributed by atoms with Gasteiger partial charge < -0.3 is 15.1 Å². The smallest absolute Gasteiger partial charge is 0.193 e. The normalized spacial score (nSPS) is 27.6. The van der Waals surface area contributed by atoms with Crippen LogP contribution in [-0.2, 0) is 6.42 Å². The number of aliphatic hydroxyl groups excluding tert-OH is 1. The number of anilines is 1. The largest absolute Gasteiger partial charge is 0.393 e. The molecule has 2 heterocycles. The van der Waals surface area contributed by atoms with Crippen LogP contribution in [0, 0.1) is 17.0 Å². The van der Waals surface area contributed by atoms with Crippen molar-refractivity contribution < 1.29 is 23.8 Å². The average molecular weight is 630 g/mol. The number of ketones is 1. The lowest BCUT2D eigenvalue weighted by molar-refractivity contribution is -0.0841. The maximum atomic E-state index is 14.3. The first-order chi connectivity index (χ1) is 22.1. The highest BCUT2D eigenvalue weighted by Crippen LogP contribution is 2.59. The number of aromatic nitrogens is 1. The molecule has 0 unspecified atom stereocenters. The van der Waals surface area contributed by atoms with Crippen LogP contribution in [0.2, 0.25) is 0 Å². The van der Waals surface area contributed by atoms with Crippen LogP contribution in [0.1, 0.15) is 85.3 Å². The van der Waals surface area contributed by atoms with E-state index in [0.29, 0.717) is 37.8 Å². The minimum atomic E-state index is -1.06. The Labute approximate surface area is 270 Å². The molecule has 244 valence electrons. The van der Waals surface area contributed by atoms with Crippen LogP contribution >= 0.6 is 0 Å². The summed E-state index contributed by atoms with van der Waals surface area (Å²) >= 11 is 0. The highest BCUT2D eigenvalue weighted by molar-refractivity contribution is 6.10. The minimum Gasteiger partial charge on any atom is -0.393 e. The highest BCUT2D eigenvalue weighted by Gasteiger charge is 2.57. The summed E-state index contributed by atoms with van der Waals surface area (Å²) in [6, 6.07) is 15.0. The molecule has 6 nitrogen and oxygen atoms in total. The maximum Gasteiger partial charge on any atom is 0.193 e. The van der Waals surface area contributed by atoms with Gasteiger partial charge in [0.15, 0.2) is 17.4 Å². The average Bonchev–Trinajstić information content (AvgIpc) is 3.30. The van der Waals surface area contributed by atoms with Crippen LogP contribution in [0.3, 0.4) is 0 Å². The van der Waals surface area contributed by atoms with Gasteiger partial charge in [-0.25, -0.2) is 13.8 Å². The quantitative estimate of drug-likeness (QED) is 0.250. The summed E-state index contributed by atoms with van der Waals surface area (Å²) in [6.07, 6.45) is 8.03. The Morgan fingerprint density at radius 1 is 1.00 bits per heavy atom. The van der Waals surface area contributed by atoms with Crippen molar-refractivity contribution in [3.63, 3.8) is 0 Å². The van der Waals surface area contributed by atoms with Crippen molar-refractivity contribution in [3.8, 4) is 0 Å². The van der Waals surface area contributed by atoms with E-state index >= 15 is 0 Å². The van der Waals surface area contributed by atoms with Crippen molar-refractivity contribution in [1.82, 2.24) is 9.88 Å². The van der Waals surface area contributed by atoms with Gasteiger partial charge in [-0.1, -0.05) is 36.8 Å². The van der Waals surface area contributed by atoms with Gasteiger partial charge >= 0.3 is 0 Å². The summed E-state index contributed by atoms with van der Waals surface area (Å²) in [6.45, 7) is 8.10. The fourth-order valence-corrected chi connectivity index (χ4v) is 8.04. The number of carbonyl (C=O) groups is 1. The Bertz CT molecular complexity index is 1590. The van der Waals surface area contributed by atoms with E-state index in [1.54, 1.807) is 0 Å². The number of rotatable bonds is 5. The number of hydrogen-bond donors (Lipinski definition) is 2. The SMILES string of the molecule is CC1=CCC[C@@]2(C)[C@@H](CC[C@@]2(O)CN2CCN(c3ccccn3)CC2)c2ccc(cc2C(=O)c2ccc(F)c(F)c2)C[C@@H](O)CC1. The van der Waals surface area contributed by atoms with Crippen LogP contribution in [0.15, 0.2) is 72.4 Å². The van der Waals surface area contributed by atoms with E-state index in [1.165, 1.54) is 11.6 Å². The van der Waals surface area contributed by atoms with Crippen LogP contribution in [0.5, 0.6) is 0 Å². The van der Waals surface area contributed by atoms with E-state index in [4.69, 9.17) is 0 Å². The van der Waals surface area contributed by atoms with E-state index in [1.807, 2.05) is 42.6 Å². The van der Waals surface area contributed by atoms with Crippen LogP contribution in [0.4, 0.5) is 14.6 Å². The van der Waals surface area contributed by atoms with Gasteiger partial charge in [-0.2, -0.15) is 0 Å². The Hall–Kier alpha value is -3.46. The lowest BCUT2D eigenvalue weighted by Crippen LogP contribution is -2.56. The van der Waals surface area contributed by atoms with Crippen LogP contribution in [0.25, 0.3) is 0 Å². The topological polar surface area (TPSA) is 76.9 Å². The third kappa shape index (κ3) is 6.53. The first kappa shape index (κ1) is 32.5. The highest BCUT2D eigenvalue weighted by atomic mass is 19.2. The van der Waals surface area contributed by atoms with Gasteiger partial charge in [-0.15, -0.1) is 0 Å². The molecule has 2 bridgehead atoms. The summed E-state index contributed by atoms with van der Waals surface area (Å²) in [5.74, 6) is -1.60. The Balaban J connectivity index is 1.34. The third-order valence-corrected chi connectivity index (χ3v) is 10.9. The number of piperazine rings is 1. The maximum absolute atomic E-state index is 14.3. The molecule has 8 heteroatoms. The number of allylic oxidation sites excluding steroid dienone is 2. The summed E-state index contributed by atoms with van der Waals surface area (Å²) in [4.78, 5) is 23.2. The molecule has 3 aliphatic carbocycles. The molecule has 4 aliphatic rings. The van der Waals surface area contributed by atoms with Crippen LogP contribution < -0.4 is 4.90 Å². The number of halogens is 2. The summed E-state index contributed by atoms with van der Waals surface area (Å²) in [7, 11) is 0. The number of fused-ring (bicyclic) bond motifs is 8. The van der Waals surface area contributed by atoms with Crippen molar-refractivity contribution in [3.05, 3.63) is 106 Å². The molecular formula is C38H45F2N3O3. The van der Waals surface area contributed by atoms with Crippen molar-refractivity contribution in [2.75, 3.05) is 37.6 Å². The second kappa shape index (κ2) is 13.3. The van der Waals surface area contributed by atoms with Gasteiger partial charge in [-0.3, -0.25) is 9.69 Å². The van der Waals surface area contributed by atoms with Gasteiger partial charge in [0.25, 0.3) is 0 Å². The number of carbonyl (C=O) groups excluding carboxylic acids is 1. The first-order valence-electron chi connectivity index (χ1n) is 16.6. The molecule has 0 radical (unpaired) electrons. The molecule has 1 aliphatic heterocycles. The zero-order valence-electron chi connectivity index (χ0n) is 26.9. The van der Waals surface area contributed by atoms with Gasteiger partial charge in [0.2, 0.25) is 0 Å². The fourth-order valence-electron chi connectivity index (χ4n) is 8.04. The second-order valence-corrected chi connectivity index (χ2v) is 13.9. The molecule has 46 heavy (non-hydrogen) atoms. The molecule has 2 fully saturated rings. The number of β-amino-alcohol motifs (C(OH)–C–C–N with tert-alkyl or cyclic N) is 1. The lowest BCUT2D eigenvalue weighted by Gasteiger charge is -2.47. The molecule has 1 saturated heterocycles. The van der Waals surface area contributed by atoms with Gasteiger partial charge in [0.05, 0.1) is 11.7 Å².